The Bertz CT molecular complexity index is 490. The third-order valence-corrected chi connectivity index (χ3v) is 3.69. The second kappa shape index (κ2) is 5.43. The van der Waals surface area contributed by atoms with Crippen LogP contribution in [0.2, 0.25) is 0 Å². The van der Waals surface area contributed by atoms with Crippen molar-refractivity contribution in [1.29, 1.82) is 0 Å². The topological polar surface area (TPSA) is 24.9 Å². The molecule has 0 amide bonds. The van der Waals surface area contributed by atoms with Gasteiger partial charge in [0.25, 0.3) is 0 Å². The van der Waals surface area contributed by atoms with Crippen molar-refractivity contribution in [2.24, 2.45) is 0 Å². The van der Waals surface area contributed by atoms with Crippen LogP contribution in [0.5, 0.6) is 0 Å². The molecule has 1 unspecified atom stereocenters. The fourth-order valence-corrected chi connectivity index (χ4v) is 2.80. The van der Waals surface area contributed by atoms with Crippen LogP contribution in [0, 0.1) is 13.8 Å². The van der Waals surface area contributed by atoms with Crippen LogP contribution in [0.4, 0.5) is 0 Å². The van der Waals surface area contributed by atoms with E-state index in [9.17, 15) is 0 Å². The van der Waals surface area contributed by atoms with Gasteiger partial charge in [0.05, 0.1) is 6.04 Å². The lowest BCUT2D eigenvalue weighted by Gasteiger charge is -2.16. The molecule has 17 heavy (non-hydrogen) atoms. The van der Waals surface area contributed by atoms with Gasteiger partial charge in [-0.25, -0.2) is 4.98 Å². The minimum Gasteiger partial charge on any atom is -0.305 e. The predicted octanol–water partition coefficient (Wildman–Crippen LogP) is 3.46. The predicted molar refractivity (Wildman–Crippen MR) is 73.5 cm³/mol. The van der Waals surface area contributed by atoms with Gasteiger partial charge in [0.1, 0.15) is 5.01 Å². The second-order valence-electron chi connectivity index (χ2n) is 4.23. The summed E-state index contributed by atoms with van der Waals surface area (Å²) in [6.45, 7) is 7.24. The molecule has 0 bridgehead atoms. The Morgan fingerprint density at radius 3 is 2.76 bits per heavy atom. The minimum atomic E-state index is 0.221. The summed E-state index contributed by atoms with van der Waals surface area (Å²) in [4.78, 5) is 4.59. The zero-order valence-electron chi connectivity index (χ0n) is 10.5. The maximum atomic E-state index is 4.59. The number of nitrogens with zero attached hydrogens (tertiary/aromatic N) is 1. The van der Waals surface area contributed by atoms with Gasteiger partial charge in [-0.15, -0.1) is 11.3 Å². The Labute approximate surface area is 107 Å². The van der Waals surface area contributed by atoms with Gasteiger partial charge in [0.2, 0.25) is 0 Å². The van der Waals surface area contributed by atoms with Crippen molar-refractivity contribution >= 4 is 11.3 Å². The average molecular weight is 246 g/mol. The molecule has 90 valence electrons. The molecular weight excluding hydrogens is 228 g/mol. The molecule has 2 aromatic rings. The molecule has 0 saturated heterocycles. The number of aryl methyl sites for hydroxylation is 2. The van der Waals surface area contributed by atoms with E-state index in [0.29, 0.717) is 0 Å². The summed E-state index contributed by atoms with van der Waals surface area (Å²) in [6.07, 6.45) is 0. The highest BCUT2D eigenvalue weighted by molar-refractivity contribution is 7.09. The molecule has 1 atom stereocenters. The molecule has 0 fully saturated rings. The molecule has 0 radical (unpaired) electrons. The van der Waals surface area contributed by atoms with E-state index in [-0.39, 0.29) is 6.04 Å². The number of rotatable bonds is 4. The molecule has 1 aromatic carbocycles. The lowest BCUT2D eigenvalue weighted by Crippen LogP contribution is -2.21. The monoisotopic (exact) mass is 246 g/mol. The molecular formula is C14H18N2S. The molecule has 2 nitrogen and oxygen atoms in total. The van der Waals surface area contributed by atoms with Crippen LogP contribution in [0.1, 0.15) is 34.8 Å². The largest absolute Gasteiger partial charge is 0.305 e. The van der Waals surface area contributed by atoms with Crippen molar-refractivity contribution in [1.82, 2.24) is 10.3 Å². The van der Waals surface area contributed by atoms with E-state index < -0.39 is 0 Å². The third-order valence-electron chi connectivity index (χ3n) is 2.67. The van der Waals surface area contributed by atoms with E-state index in [1.807, 2.05) is 6.92 Å². The summed E-state index contributed by atoms with van der Waals surface area (Å²) in [6, 6.07) is 8.84. The summed E-state index contributed by atoms with van der Waals surface area (Å²) in [5.74, 6) is 0. The smallest absolute Gasteiger partial charge is 0.114 e. The van der Waals surface area contributed by atoms with Gasteiger partial charge < -0.3 is 5.32 Å². The number of hydrogen-bond donors (Lipinski definition) is 1. The molecule has 0 aliphatic rings. The quantitative estimate of drug-likeness (QED) is 0.893. The number of thiazole rings is 1. The highest BCUT2D eigenvalue weighted by Crippen LogP contribution is 2.25. The van der Waals surface area contributed by atoms with Crippen LogP contribution in [0.15, 0.2) is 29.6 Å². The van der Waals surface area contributed by atoms with Crippen molar-refractivity contribution in [2.75, 3.05) is 6.54 Å². The summed E-state index contributed by atoms with van der Waals surface area (Å²) in [7, 11) is 0. The lowest BCUT2D eigenvalue weighted by atomic mass is 10.0. The van der Waals surface area contributed by atoms with Gasteiger partial charge in [0, 0.05) is 11.1 Å². The third kappa shape index (κ3) is 2.93. The second-order valence-corrected chi connectivity index (χ2v) is 5.12. The average Bonchev–Trinajstić information content (AvgIpc) is 2.72. The number of benzene rings is 1. The minimum absolute atomic E-state index is 0.221. The van der Waals surface area contributed by atoms with Gasteiger partial charge in [-0.2, -0.15) is 0 Å². The van der Waals surface area contributed by atoms with Crippen LogP contribution >= 0.6 is 11.3 Å². The van der Waals surface area contributed by atoms with Crippen molar-refractivity contribution < 1.29 is 0 Å². The van der Waals surface area contributed by atoms with E-state index in [2.05, 4.69) is 53.8 Å². The van der Waals surface area contributed by atoms with E-state index in [4.69, 9.17) is 0 Å². The molecule has 1 aromatic heterocycles. The maximum absolute atomic E-state index is 4.59. The van der Waals surface area contributed by atoms with Gasteiger partial charge in [0.15, 0.2) is 0 Å². The Morgan fingerprint density at radius 1 is 1.35 bits per heavy atom. The van der Waals surface area contributed by atoms with Crippen molar-refractivity contribution in [2.45, 2.75) is 26.8 Å². The van der Waals surface area contributed by atoms with Gasteiger partial charge in [-0.05, 0) is 26.0 Å². The Balaban J connectivity index is 2.35. The highest BCUT2D eigenvalue weighted by Gasteiger charge is 2.16. The Hall–Kier alpha value is -1.19. The van der Waals surface area contributed by atoms with Crippen molar-refractivity contribution in [3.8, 4) is 0 Å². The van der Waals surface area contributed by atoms with Crippen LogP contribution in [-0.2, 0) is 0 Å². The van der Waals surface area contributed by atoms with Crippen molar-refractivity contribution in [3.05, 3.63) is 51.5 Å². The standard InChI is InChI=1S/C14H18N2S/c1-4-15-13(14-16-11(3)9-17-14)12-7-5-6-10(2)8-12/h5-9,13,15H,4H2,1-3H3. The SMILES string of the molecule is CCNC(c1cccc(C)c1)c1nc(C)cs1. The van der Waals surface area contributed by atoms with Gasteiger partial charge in [-0.1, -0.05) is 36.8 Å². The van der Waals surface area contributed by atoms with E-state index in [1.54, 1.807) is 11.3 Å². The highest BCUT2D eigenvalue weighted by atomic mass is 32.1. The van der Waals surface area contributed by atoms with Crippen LogP contribution in [0.3, 0.4) is 0 Å². The van der Waals surface area contributed by atoms with Gasteiger partial charge >= 0.3 is 0 Å². The van der Waals surface area contributed by atoms with E-state index in [0.717, 1.165) is 17.2 Å². The fraction of sp³-hybridized carbons (Fsp3) is 0.357. The molecule has 1 N–H and O–H groups in total. The molecule has 0 saturated carbocycles. The number of hydrogen-bond acceptors (Lipinski definition) is 3. The normalized spacial score (nSPS) is 12.6. The van der Waals surface area contributed by atoms with Gasteiger partial charge in [-0.3, -0.25) is 0 Å². The van der Waals surface area contributed by atoms with Crippen LogP contribution < -0.4 is 5.32 Å². The van der Waals surface area contributed by atoms with E-state index >= 15 is 0 Å². The Kier molecular flexibility index (Phi) is 3.92. The molecule has 1 heterocycles. The van der Waals surface area contributed by atoms with E-state index in [1.165, 1.54) is 11.1 Å². The summed E-state index contributed by atoms with van der Waals surface area (Å²) >= 11 is 1.72. The first-order valence-corrected chi connectivity index (χ1v) is 6.80. The molecule has 2 rings (SSSR count). The summed E-state index contributed by atoms with van der Waals surface area (Å²) in [5.41, 5.74) is 3.68. The first kappa shape index (κ1) is 12.3. The first-order chi connectivity index (χ1) is 8.20. The lowest BCUT2D eigenvalue weighted by molar-refractivity contribution is 0.626. The summed E-state index contributed by atoms with van der Waals surface area (Å²) in [5, 5.41) is 6.76. The Morgan fingerprint density at radius 2 is 2.18 bits per heavy atom. The van der Waals surface area contributed by atoms with Crippen molar-refractivity contribution in [3.63, 3.8) is 0 Å². The molecule has 0 aliphatic carbocycles. The summed E-state index contributed by atoms with van der Waals surface area (Å²) < 4.78 is 0. The molecule has 3 heteroatoms. The van der Waals surface area contributed by atoms with Crippen LogP contribution in [-0.4, -0.2) is 11.5 Å². The number of aromatic nitrogens is 1. The van der Waals surface area contributed by atoms with Crippen LogP contribution in [0.25, 0.3) is 0 Å². The molecule has 0 aliphatic heterocycles. The first-order valence-electron chi connectivity index (χ1n) is 5.92. The molecule has 0 spiro atoms. The number of nitrogens with one attached hydrogen (secondary N) is 1. The fourth-order valence-electron chi connectivity index (χ4n) is 1.91. The zero-order chi connectivity index (χ0) is 12.3. The zero-order valence-corrected chi connectivity index (χ0v) is 11.3. The maximum Gasteiger partial charge on any atom is 0.114 e.